The van der Waals surface area contributed by atoms with Gasteiger partial charge in [-0.1, -0.05) is 45.1 Å². The first-order chi connectivity index (χ1) is 9.38. The van der Waals surface area contributed by atoms with Gasteiger partial charge in [-0.15, -0.1) is 0 Å². The van der Waals surface area contributed by atoms with E-state index in [2.05, 4.69) is 43.2 Å². The van der Waals surface area contributed by atoms with E-state index >= 15 is 0 Å². The molecule has 0 amide bonds. The predicted octanol–water partition coefficient (Wildman–Crippen LogP) is 3.76. The van der Waals surface area contributed by atoms with Crippen LogP contribution in [0.5, 0.6) is 0 Å². The molecule has 20 heavy (non-hydrogen) atoms. The van der Waals surface area contributed by atoms with Crippen molar-refractivity contribution < 1.29 is 0 Å². The SMILES string of the molecule is CC(C)(C)c1ccc(Nc2ncccc2C(N)=S)cc1. The van der Waals surface area contributed by atoms with Crippen molar-refractivity contribution in [3.63, 3.8) is 0 Å². The maximum atomic E-state index is 5.70. The summed E-state index contributed by atoms with van der Waals surface area (Å²) in [6.07, 6.45) is 1.72. The molecule has 0 aliphatic carbocycles. The van der Waals surface area contributed by atoms with Crippen LogP contribution in [0.25, 0.3) is 0 Å². The summed E-state index contributed by atoms with van der Waals surface area (Å²) in [7, 11) is 0. The quantitative estimate of drug-likeness (QED) is 0.843. The van der Waals surface area contributed by atoms with Crippen LogP contribution >= 0.6 is 12.2 Å². The second-order valence-corrected chi connectivity index (χ2v) is 6.16. The van der Waals surface area contributed by atoms with E-state index in [1.165, 1.54) is 5.56 Å². The summed E-state index contributed by atoms with van der Waals surface area (Å²) < 4.78 is 0. The zero-order valence-corrected chi connectivity index (χ0v) is 12.8. The zero-order chi connectivity index (χ0) is 14.8. The lowest BCUT2D eigenvalue weighted by Gasteiger charge is -2.19. The number of benzene rings is 1. The predicted molar refractivity (Wildman–Crippen MR) is 88.5 cm³/mol. The average Bonchev–Trinajstić information content (AvgIpc) is 2.38. The van der Waals surface area contributed by atoms with Gasteiger partial charge in [0.1, 0.15) is 10.8 Å². The fraction of sp³-hybridized carbons (Fsp3) is 0.250. The van der Waals surface area contributed by atoms with Crippen LogP contribution in [0.4, 0.5) is 11.5 Å². The van der Waals surface area contributed by atoms with E-state index < -0.39 is 0 Å². The standard InChI is InChI=1S/C16H19N3S/c1-16(2,3)11-6-8-12(9-7-11)19-15-13(14(17)20)5-4-10-18-15/h4-10H,1-3H3,(H2,17,20)(H,18,19). The number of aromatic nitrogens is 1. The Morgan fingerprint density at radius 2 is 1.80 bits per heavy atom. The van der Waals surface area contributed by atoms with E-state index in [9.17, 15) is 0 Å². The van der Waals surface area contributed by atoms with Gasteiger partial charge in [0.2, 0.25) is 0 Å². The van der Waals surface area contributed by atoms with E-state index in [-0.39, 0.29) is 5.41 Å². The molecule has 3 nitrogen and oxygen atoms in total. The third-order valence-corrected chi connectivity index (χ3v) is 3.31. The van der Waals surface area contributed by atoms with E-state index in [1.807, 2.05) is 24.3 Å². The molecule has 0 radical (unpaired) electrons. The van der Waals surface area contributed by atoms with Crippen LogP contribution in [0, 0.1) is 0 Å². The van der Waals surface area contributed by atoms with Crippen molar-refractivity contribution in [2.75, 3.05) is 5.32 Å². The van der Waals surface area contributed by atoms with Crippen molar-refractivity contribution in [3.8, 4) is 0 Å². The summed E-state index contributed by atoms with van der Waals surface area (Å²) in [5, 5.41) is 3.25. The first-order valence-corrected chi connectivity index (χ1v) is 6.91. The van der Waals surface area contributed by atoms with Crippen LogP contribution in [0.15, 0.2) is 42.6 Å². The molecule has 0 bridgehead atoms. The van der Waals surface area contributed by atoms with Gasteiger partial charge in [-0.25, -0.2) is 4.98 Å². The topological polar surface area (TPSA) is 50.9 Å². The Bertz CT molecular complexity index is 612. The number of pyridine rings is 1. The lowest BCUT2D eigenvalue weighted by Crippen LogP contribution is -2.13. The third kappa shape index (κ3) is 3.33. The molecule has 0 aliphatic rings. The Balaban J connectivity index is 2.25. The first-order valence-electron chi connectivity index (χ1n) is 6.50. The van der Waals surface area contributed by atoms with Crippen LogP contribution in [0.1, 0.15) is 31.9 Å². The van der Waals surface area contributed by atoms with Gasteiger partial charge < -0.3 is 11.1 Å². The minimum absolute atomic E-state index is 0.146. The number of rotatable bonds is 3. The van der Waals surface area contributed by atoms with Crippen molar-refractivity contribution in [1.29, 1.82) is 0 Å². The molecule has 0 saturated carbocycles. The number of thiocarbonyl (C=S) groups is 1. The Morgan fingerprint density at radius 1 is 1.15 bits per heavy atom. The van der Waals surface area contributed by atoms with E-state index in [1.54, 1.807) is 6.20 Å². The zero-order valence-electron chi connectivity index (χ0n) is 12.0. The van der Waals surface area contributed by atoms with Gasteiger partial charge in [0.15, 0.2) is 0 Å². The van der Waals surface area contributed by atoms with Crippen molar-refractivity contribution in [2.24, 2.45) is 5.73 Å². The van der Waals surface area contributed by atoms with Crippen LogP contribution in [0.3, 0.4) is 0 Å². The first kappa shape index (κ1) is 14.5. The number of nitrogens with zero attached hydrogens (tertiary/aromatic N) is 1. The molecule has 4 heteroatoms. The summed E-state index contributed by atoms with van der Waals surface area (Å²) in [5.41, 5.74) is 8.86. The molecular weight excluding hydrogens is 266 g/mol. The Hall–Kier alpha value is -1.94. The van der Waals surface area contributed by atoms with E-state index in [4.69, 9.17) is 18.0 Å². The molecule has 1 aromatic carbocycles. The minimum Gasteiger partial charge on any atom is -0.389 e. The van der Waals surface area contributed by atoms with Crippen molar-refractivity contribution in [3.05, 3.63) is 53.7 Å². The molecule has 0 aliphatic heterocycles. The molecule has 0 atom stereocenters. The van der Waals surface area contributed by atoms with Gasteiger partial charge in [0.05, 0.1) is 5.56 Å². The molecule has 0 saturated heterocycles. The second kappa shape index (κ2) is 5.59. The van der Waals surface area contributed by atoms with Gasteiger partial charge in [0, 0.05) is 11.9 Å². The second-order valence-electron chi connectivity index (χ2n) is 5.72. The number of anilines is 2. The summed E-state index contributed by atoms with van der Waals surface area (Å²) >= 11 is 5.03. The van der Waals surface area contributed by atoms with Crippen LogP contribution < -0.4 is 11.1 Å². The number of nitrogens with two attached hydrogens (primary N) is 1. The molecule has 1 aromatic heterocycles. The molecule has 0 spiro atoms. The molecule has 2 aromatic rings. The molecule has 0 fully saturated rings. The van der Waals surface area contributed by atoms with Gasteiger partial charge in [-0.2, -0.15) is 0 Å². The monoisotopic (exact) mass is 285 g/mol. The normalized spacial score (nSPS) is 11.2. The van der Waals surface area contributed by atoms with Gasteiger partial charge >= 0.3 is 0 Å². The van der Waals surface area contributed by atoms with E-state index in [0.717, 1.165) is 11.3 Å². The number of hydrogen-bond donors (Lipinski definition) is 2. The van der Waals surface area contributed by atoms with Crippen LogP contribution in [-0.4, -0.2) is 9.97 Å². The highest BCUT2D eigenvalue weighted by atomic mass is 32.1. The lowest BCUT2D eigenvalue weighted by atomic mass is 9.87. The fourth-order valence-corrected chi connectivity index (χ4v) is 2.06. The summed E-state index contributed by atoms with van der Waals surface area (Å²) in [5.74, 6) is 0.684. The Kier molecular flexibility index (Phi) is 4.04. The fourth-order valence-electron chi connectivity index (χ4n) is 1.89. The minimum atomic E-state index is 0.146. The summed E-state index contributed by atoms with van der Waals surface area (Å²) in [4.78, 5) is 4.63. The van der Waals surface area contributed by atoms with Gasteiger partial charge in [-0.05, 0) is 35.2 Å². The molecular formula is C16H19N3S. The summed E-state index contributed by atoms with van der Waals surface area (Å²) in [6, 6.07) is 12.0. The van der Waals surface area contributed by atoms with Crippen LogP contribution in [-0.2, 0) is 5.41 Å². The molecule has 2 rings (SSSR count). The average molecular weight is 285 g/mol. The molecule has 1 heterocycles. The highest BCUT2D eigenvalue weighted by molar-refractivity contribution is 7.80. The third-order valence-electron chi connectivity index (χ3n) is 3.09. The number of hydrogen-bond acceptors (Lipinski definition) is 3. The van der Waals surface area contributed by atoms with Gasteiger partial charge in [0.25, 0.3) is 0 Å². The van der Waals surface area contributed by atoms with Crippen molar-refractivity contribution in [2.45, 2.75) is 26.2 Å². The Labute approximate surface area is 125 Å². The Morgan fingerprint density at radius 3 is 2.35 bits per heavy atom. The highest BCUT2D eigenvalue weighted by Gasteiger charge is 2.13. The lowest BCUT2D eigenvalue weighted by molar-refractivity contribution is 0.590. The van der Waals surface area contributed by atoms with Crippen molar-refractivity contribution in [1.82, 2.24) is 4.98 Å². The van der Waals surface area contributed by atoms with E-state index in [0.29, 0.717) is 10.8 Å². The maximum absolute atomic E-state index is 5.70. The molecule has 3 N–H and O–H groups in total. The van der Waals surface area contributed by atoms with Crippen LogP contribution in [0.2, 0.25) is 0 Å². The number of nitrogens with one attached hydrogen (secondary N) is 1. The van der Waals surface area contributed by atoms with Gasteiger partial charge in [-0.3, -0.25) is 0 Å². The maximum Gasteiger partial charge on any atom is 0.140 e. The summed E-state index contributed by atoms with van der Waals surface area (Å²) in [6.45, 7) is 6.58. The smallest absolute Gasteiger partial charge is 0.140 e. The molecule has 104 valence electrons. The van der Waals surface area contributed by atoms with Crippen molar-refractivity contribution >= 4 is 28.7 Å². The highest BCUT2D eigenvalue weighted by Crippen LogP contribution is 2.25. The molecule has 0 unspecified atom stereocenters. The largest absolute Gasteiger partial charge is 0.389 e.